The molecule has 2 aromatic rings. The van der Waals surface area contributed by atoms with Crippen molar-refractivity contribution in [3.63, 3.8) is 0 Å². The molecule has 1 heterocycles. The quantitative estimate of drug-likeness (QED) is 0.818. The molecule has 1 N–H and O–H groups in total. The molecule has 0 unspecified atom stereocenters. The number of rotatable bonds is 2. The van der Waals surface area contributed by atoms with E-state index in [4.69, 9.17) is 0 Å². The van der Waals surface area contributed by atoms with E-state index in [1.165, 1.54) is 23.3 Å². The molecule has 0 amide bonds. The predicted octanol–water partition coefficient (Wildman–Crippen LogP) is 4.76. The lowest BCUT2D eigenvalue weighted by Gasteiger charge is -2.46. The molecule has 1 atom stereocenters. The van der Waals surface area contributed by atoms with Crippen LogP contribution in [0.4, 0.5) is 13.2 Å². The summed E-state index contributed by atoms with van der Waals surface area (Å²) in [6.45, 7) is 1.42. The van der Waals surface area contributed by atoms with E-state index in [2.05, 4.69) is 17.0 Å². The second-order valence-electron chi connectivity index (χ2n) is 7.81. The van der Waals surface area contributed by atoms with Crippen LogP contribution in [0.2, 0.25) is 0 Å². The first-order valence-electron chi connectivity index (χ1n) is 9.56. The smallest absolute Gasteiger partial charge is 0.375 e. The molecule has 1 fully saturated rings. The molecule has 5 heteroatoms. The van der Waals surface area contributed by atoms with Gasteiger partial charge in [0.1, 0.15) is 5.72 Å². The van der Waals surface area contributed by atoms with Gasteiger partial charge in [-0.2, -0.15) is 13.2 Å². The van der Waals surface area contributed by atoms with Gasteiger partial charge in [-0.05, 0) is 54.4 Å². The van der Waals surface area contributed by atoms with E-state index < -0.39 is 17.5 Å². The Morgan fingerprint density at radius 3 is 2.37 bits per heavy atom. The van der Waals surface area contributed by atoms with Crippen molar-refractivity contribution in [2.75, 3.05) is 13.1 Å². The van der Waals surface area contributed by atoms with Crippen LogP contribution in [0.15, 0.2) is 48.5 Å². The Morgan fingerprint density at radius 2 is 1.67 bits per heavy atom. The third kappa shape index (κ3) is 3.76. The fraction of sp³-hybridized carbons (Fsp3) is 0.455. The topological polar surface area (TPSA) is 23.5 Å². The average Bonchev–Trinajstić information content (AvgIpc) is 2.67. The third-order valence-electron chi connectivity index (χ3n) is 6.16. The molecule has 0 aromatic heterocycles. The summed E-state index contributed by atoms with van der Waals surface area (Å²) in [4.78, 5) is 2.13. The van der Waals surface area contributed by atoms with Crippen molar-refractivity contribution in [2.24, 2.45) is 0 Å². The zero-order valence-electron chi connectivity index (χ0n) is 15.2. The summed E-state index contributed by atoms with van der Waals surface area (Å²) in [6.07, 6.45) is -0.576. The van der Waals surface area contributed by atoms with Crippen molar-refractivity contribution in [1.82, 2.24) is 4.90 Å². The first-order chi connectivity index (χ1) is 12.9. The Kier molecular flexibility index (Phi) is 4.77. The molecular weight excluding hydrogens is 351 g/mol. The molecule has 0 saturated carbocycles. The van der Waals surface area contributed by atoms with Gasteiger partial charge < -0.3 is 5.11 Å². The molecule has 2 aromatic carbocycles. The molecule has 144 valence electrons. The summed E-state index contributed by atoms with van der Waals surface area (Å²) < 4.78 is 38.9. The van der Waals surface area contributed by atoms with Crippen LogP contribution in [0.5, 0.6) is 0 Å². The summed E-state index contributed by atoms with van der Waals surface area (Å²) in [7, 11) is 0. The van der Waals surface area contributed by atoms with Crippen LogP contribution in [-0.2, 0) is 19.0 Å². The second-order valence-corrected chi connectivity index (χ2v) is 7.81. The van der Waals surface area contributed by atoms with Gasteiger partial charge in [-0.3, -0.25) is 4.90 Å². The molecule has 1 aliphatic carbocycles. The molecule has 27 heavy (non-hydrogen) atoms. The van der Waals surface area contributed by atoms with Crippen LogP contribution >= 0.6 is 0 Å². The van der Waals surface area contributed by atoms with E-state index in [0.717, 1.165) is 30.9 Å². The highest BCUT2D eigenvalue weighted by atomic mass is 19.4. The molecule has 0 radical (unpaired) electrons. The zero-order valence-corrected chi connectivity index (χ0v) is 15.2. The Labute approximate surface area is 157 Å². The minimum absolute atomic E-state index is 0.114. The highest BCUT2D eigenvalue weighted by Gasteiger charge is 2.39. The summed E-state index contributed by atoms with van der Waals surface area (Å²) in [5.41, 5.74) is 1.84. The van der Waals surface area contributed by atoms with Crippen molar-refractivity contribution in [3.05, 3.63) is 70.8 Å². The largest absolute Gasteiger partial charge is 0.416 e. The minimum Gasteiger partial charge on any atom is -0.375 e. The van der Waals surface area contributed by atoms with Crippen LogP contribution in [0.25, 0.3) is 0 Å². The number of aliphatic hydroxyl groups is 1. The molecule has 4 rings (SSSR count). The van der Waals surface area contributed by atoms with Crippen LogP contribution < -0.4 is 0 Å². The number of fused-ring (bicyclic) bond motifs is 1. The number of hydrogen-bond acceptors (Lipinski definition) is 2. The SMILES string of the molecule is O[C@]1(N2CCC(c3cccc(C(F)(F)F)c3)CC2)CCc2ccccc2C1. The Bertz CT molecular complexity index is 811. The van der Waals surface area contributed by atoms with Crippen molar-refractivity contribution in [3.8, 4) is 0 Å². The van der Waals surface area contributed by atoms with E-state index in [1.54, 1.807) is 6.07 Å². The fourth-order valence-electron chi connectivity index (χ4n) is 4.57. The number of aryl methyl sites for hydroxylation is 1. The van der Waals surface area contributed by atoms with Gasteiger partial charge in [0.2, 0.25) is 0 Å². The van der Waals surface area contributed by atoms with Gasteiger partial charge in [-0.15, -0.1) is 0 Å². The Hall–Kier alpha value is -1.85. The monoisotopic (exact) mass is 375 g/mol. The number of piperidine rings is 1. The lowest BCUT2D eigenvalue weighted by Crippen LogP contribution is -2.54. The van der Waals surface area contributed by atoms with E-state index in [1.807, 2.05) is 12.1 Å². The first-order valence-corrected chi connectivity index (χ1v) is 9.56. The third-order valence-corrected chi connectivity index (χ3v) is 6.16. The molecule has 0 bridgehead atoms. The van der Waals surface area contributed by atoms with Gasteiger partial charge in [-0.25, -0.2) is 0 Å². The van der Waals surface area contributed by atoms with E-state index in [0.29, 0.717) is 25.9 Å². The van der Waals surface area contributed by atoms with Gasteiger partial charge in [0.05, 0.1) is 5.56 Å². The summed E-state index contributed by atoms with van der Waals surface area (Å²) in [5, 5.41) is 11.2. The van der Waals surface area contributed by atoms with Gasteiger partial charge in [0, 0.05) is 19.5 Å². The molecule has 2 nitrogen and oxygen atoms in total. The van der Waals surface area contributed by atoms with Crippen LogP contribution in [0, 0.1) is 0 Å². The standard InChI is InChI=1S/C22H24F3NO/c23-22(24,25)20-7-3-6-18(14-20)17-9-12-26(13-10-17)21(27)11-8-16-4-1-2-5-19(16)15-21/h1-7,14,17,27H,8-13,15H2/t21-/m1/s1. The second kappa shape index (κ2) is 6.95. The van der Waals surface area contributed by atoms with Gasteiger partial charge in [0.15, 0.2) is 0 Å². The number of nitrogens with zero attached hydrogens (tertiary/aromatic N) is 1. The molecular formula is C22H24F3NO. The van der Waals surface area contributed by atoms with Crippen molar-refractivity contribution in [2.45, 2.75) is 49.9 Å². The number of alkyl halides is 3. The van der Waals surface area contributed by atoms with Crippen LogP contribution in [0.3, 0.4) is 0 Å². The highest BCUT2D eigenvalue weighted by Crippen LogP contribution is 2.38. The maximum atomic E-state index is 13.0. The molecule has 0 spiro atoms. The summed E-state index contributed by atoms with van der Waals surface area (Å²) >= 11 is 0. The van der Waals surface area contributed by atoms with E-state index in [9.17, 15) is 18.3 Å². The lowest BCUT2D eigenvalue weighted by atomic mass is 9.82. The van der Waals surface area contributed by atoms with Crippen molar-refractivity contribution in [1.29, 1.82) is 0 Å². The maximum Gasteiger partial charge on any atom is 0.416 e. The fourth-order valence-corrected chi connectivity index (χ4v) is 4.57. The van der Waals surface area contributed by atoms with Crippen molar-refractivity contribution >= 4 is 0 Å². The summed E-state index contributed by atoms with van der Waals surface area (Å²) in [6, 6.07) is 13.9. The average molecular weight is 375 g/mol. The van der Waals surface area contributed by atoms with E-state index >= 15 is 0 Å². The Balaban J connectivity index is 1.44. The molecule has 2 aliphatic rings. The Morgan fingerprint density at radius 1 is 0.963 bits per heavy atom. The van der Waals surface area contributed by atoms with Crippen molar-refractivity contribution < 1.29 is 18.3 Å². The predicted molar refractivity (Wildman–Crippen MR) is 98.4 cm³/mol. The first kappa shape index (κ1) is 18.5. The highest BCUT2D eigenvalue weighted by molar-refractivity contribution is 5.32. The summed E-state index contributed by atoms with van der Waals surface area (Å²) in [5.74, 6) is 0.114. The normalized spacial score (nSPS) is 24.6. The number of hydrogen-bond donors (Lipinski definition) is 1. The molecule has 1 aliphatic heterocycles. The van der Waals surface area contributed by atoms with Gasteiger partial charge in [0.25, 0.3) is 0 Å². The number of benzene rings is 2. The lowest BCUT2D eigenvalue weighted by molar-refractivity contribution is -0.137. The molecule has 1 saturated heterocycles. The van der Waals surface area contributed by atoms with Gasteiger partial charge in [-0.1, -0.05) is 42.5 Å². The van der Waals surface area contributed by atoms with Gasteiger partial charge >= 0.3 is 6.18 Å². The minimum atomic E-state index is -4.30. The number of halogens is 3. The zero-order chi connectivity index (χ0) is 19.1. The van der Waals surface area contributed by atoms with E-state index in [-0.39, 0.29) is 5.92 Å². The maximum absolute atomic E-state index is 13.0. The van der Waals surface area contributed by atoms with Crippen LogP contribution in [-0.4, -0.2) is 28.8 Å². The number of likely N-dealkylation sites (tertiary alicyclic amines) is 1. The van der Waals surface area contributed by atoms with Crippen LogP contribution in [0.1, 0.15) is 47.4 Å².